The van der Waals surface area contributed by atoms with Gasteiger partial charge in [-0.05, 0) is 89.9 Å². The first-order valence-electron chi connectivity index (χ1n) is 25.6. The van der Waals surface area contributed by atoms with Crippen molar-refractivity contribution in [3.05, 3.63) is 85.1 Å². The lowest BCUT2D eigenvalue weighted by Crippen LogP contribution is -2.28. The van der Waals surface area contributed by atoms with Gasteiger partial charge in [-0.25, -0.2) is 0 Å². The van der Waals surface area contributed by atoms with E-state index in [0.717, 1.165) is 83.5 Å². The molecule has 0 aliphatic rings. The van der Waals surface area contributed by atoms with E-state index < -0.39 is 6.10 Å². The van der Waals surface area contributed by atoms with E-state index >= 15 is 0 Å². The molecule has 0 heterocycles. The third kappa shape index (κ3) is 49.6. The van der Waals surface area contributed by atoms with E-state index in [4.69, 9.17) is 9.47 Å². The Bertz CT molecular complexity index is 1140. The quantitative estimate of drug-likeness (QED) is 0.0375. The highest BCUT2D eigenvalue weighted by molar-refractivity contribution is 5.70. The molecule has 0 radical (unpaired) electrons. The Morgan fingerprint density at radius 2 is 0.705 bits per heavy atom. The summed E-state index contributed by atoms with van der Waals surface area (Å²) in [5.74, 6) is -0.600. The molecule has 1 N–H and O–H groups in total. The fraction of sp³-hybridized carbons (Fsp3) is 0.714. The number of unbranched alkanes of at least 4 members (excludes halogenated alkanes) is 24. The van der Waals surface area contributed by atoms with E-state index in [9.17, 15) is 14.7 Å². The van der Waals surface area contributed by atoms with Crippen LogP contribution in [0.5, 0.6) is 0 Å². The fourth-order valence-corrected chi connectivity index (χ4v) is 7.08. The Hall–Kier alpha value is -2.92. The van der Waals surface area contributed by atoms with Gasteiger partial charge >= 0.3 is 11.9 Å². The van der Waals surface area contributed by atoms with E-state index in [1.807, 2.05) is 0 Å². The van der Waals surface area contributed by atoms with Gasteiger partial charge in [-0.3, -0.25) is 9.59 Å². The fourth-order valence-electron chi connectivity index (χ4n) is 7.08. The van der Waals surface area contributed by atoms with Crippen molar-refractivity contribution in [2.24, 2.45) is 0 Å². The number of hydrogen-bond donors (Lipinski definition) is 1. The lowest BCUT2D eigenvalue weighted by Gasteiger charge is -2.15. The maximum atomic E-state index is 12.3. The number of carbonyl (C=O) groups excluding carboxylic acids is 2. The molecule has 0 fully saturated rings. The molecule has 0 saturated carbocycles. The van der Waals surface area contributed by atoms with Crippen LogP contribution in [0.1, 0.15) is 239 Å². The smallest absolute Gasteiger partial charge is 0.306 e. The largest absolute Gasteiger partial charge is 0.462 e. The number of hydrogen-bond acceptors (Lipinski definition) is 5. The average molecular weight is 849 g/mol. The molecule has 0 bridgehead atoms. The van der Waals surface area contributed by atoms with Gasteiger partial charge in [0.1, 0.15) is 6.61 Å². The molecule has 61 heavy (non-hydrogen) atoms. The van der Waals surface area contributed by atoms with Gasteiger partial charge in [0.15, 0.2) is 6.10 Å². The molecule has 0 amide bonds. The highest BCUT2D eigenvalue weighted by Gasteiger charge is 2.16. The Morgan fingerprint density at radius 3 is 1.07 bits per heavy atom. The highest BCUT2D eigenvalue weighted by Crippen LogP contribution is 2.15. The van der Waals surface area contributed by atoms with Gasteiger partial charge in [-0.15, -0.1) is 0 Å². The van der Waals surface area contributed by atoms with E-state index in [-0.39, 0.29) is 25.2 Å². The van der Waals surface area contributed by atoms with Gasteiger partial charge in [0.25, 0.3) is 0 Å². The molecule has 0 aromatic carbocycles. The lowest BCUT2D eigenvalue weighted by atomic mass is 10.0. The summed E-state index contributed by atoms with van der Waals surface area (Å²) >= 11 is 0. The molecule has 0 aromatic heterocycles. The minimum absolute atomic E-state index is 0.0728. The highest BCUT2D eigenvalue weighted by atomic mass is 16.6. The van der Waals surface area contributed by atoms with Crippen LogP contribution in [0.3, 0.4) is 0 Å². The number of esters is 2. The van der Waals surface area contributed by atoms with Gasteiger partial charge in [0, 0.05) is 12.8 Å². The SMILES string of the molecule is CC/C=C\C/C=C\C/C=C\C/C=C\C/C=C\CCCCCCCCCCCCCCCC(=O)OC(CO)COC(=O)CCCCCCCCC/C=C\C/C=C\CCCCCC. The van der Waals surface area contributed by atoms with Crippen molar-refractivity contribution in [3.8, 4) is 0 Å². The summed E-state index contributed by atoms with van der Waals surface area (Å²) in [6, 6.07) is 0. The monoisotopic (exact) mass is 849 g/mol. The predicted molar refractivity (Wildman–Crippen MR) is 265 cm³/mol. The van der Waals surface area contributed by atoms with Gasteiger partial charge in [-0.1, -0.05) is 221 Å². The number of carbonyl (C=O) groups is 2. The molecule has 5 heteroatoms. The molecule has 1 atom stereocenters. The van der Waals surface area contributed by atoms with Crippen molar-refractivity contribution in [3.63, 3.8) is 0 Å². The summed E-state index contributed by atoms with van der Waals surface area (Å²) in [4.78, 5) is 24.4. The van der Waals surface area contributed by atoms with Gasteiger partial charge < -0.3 is 14.6 Å². The summed E-state index contributed by atoms with van der Waals surface area (Å²) in [6.45, 7) is 4.01. The van der Waals surface area contributed by atoms with Crippen LogP contribution in [-0.2, 0) is 19.1 Å². The lowest BCUT2D eigenvalue weighted by molar-refractivity contribution is -0.161. The molecule has 0 rings (SSSR count). The first kappa shape index (κ1) is 58.1. The molecule has 0 spiro atoms. The Kier molecular flexibility index (Phi) is 49.0. The molecule has 0 aromatic rings. The number of allylic oxidation sites excluding steroid dienone is 14. The van der Waals surface area contributed by atoms with Crippen molar-refractivity contribution in [1.29, 1.82) is 0 Å². The Balaban J connectivity index is 3.52. The second kappa shape index (κ2) is 51.4. The Labute approximate surface area is 377 Å². The summed E-state index contributed by atoms with van der Waals surface area (Å²) in [5, 5.41) is 9.63. The van der Waals surface area contributed by atoms with Crippen LogP contribution in [0, 0.1) is 0 Å². The van der Waals surface area contributed by atoms with E-state index in [1.165, 1.54) is 128 Å². The molecular weight excluding hydrogens is 753 g/mol. The van der Waals surface area contributed by atoms with E-state index in [1.54, 1.807) is 0 Å². The van der Waals surface area contributed by atoms with E-state index in [2.05, 4.69) is 98.9 Å². The average Bonchev–Trinajstić information content (AvgIpc) is 3.26. The second-order valence-corrected chi connectivity index (χ2v) is 16.9. The van der Waals surface area contributed by atoms with Crippen LogP contribution in [0.25, 0.3) is 0 Å². The number of aliphatic hydroxyl groups excluding tert-OH is 1. The molecule has 0 aliphatic carbocycles. The third-order valence-corrected chi connectivity index (χ3v) is 10.9. The maximum Gasteiger partial charge on any atom is 0.306 e. The van der Waals surface area contributed by atoms with Gasteiger partial charge in [-0.2, -0.15) is 0 Å². The van der Waals surface area contributed by atoms with Crippen molar-refractivity contribution >= 4 is 11.9 Å². The predicted octanol–water partition coefficient (Wildman–Crippen LogP) is 17.0. The third-order valence-electron chi connectivity index (χ3n) is 10.9. The van der Waals surface area contributed by atoms with E-state index in [0.29, 0.717) is 12.8 Å². The van der Waals surface area contributed by atoms with Crippen LogP contribution >= 0.6 is 0 Å². The zero-order valence-corrected chi connectivity index (χ0v) is 39.9. The van der Waals surface area contributed by atoms with Crippen molar-refractivity contribution in [2.75, 3.05) is 13.2 Å². The molecule has 0 saturated heterocycles. The van der Waals surface area contributed by atoms with Gasteiger partial charge in [0.2, 0.25) is 0 Å². The zero-order valence-electron chi connectivity index (χ0n) is 39.9. The number of ether oxygens (including phenoxy) is 2. The minimum atomic E-state index is -0.780. The first-order chi connectivity index (χ1) is 30.1. The molecule has 0 aliphatic heterocycles. The molecular formula is C56H96O5. The van der Waals surface area contributed by atoms with Crippen LogP contribution in [0.4, 0.5) is 0 Å². The summed E-state index contributed by atoms with van der Waals surface area (Å²) in [7, 11) is 0. The Morgan fingerprint density at radius 1 is 0.393 bits per heavy atom. The first-order valence-corrected chi connectivity index (χ1v) is 25.6. The van der Waals surface area contributed by atoms with Gasteiger partial charge in [0.05, 0.1) is 6.61 Å². The van der Waals surface area contributed by atoms with Crippen LogP contribution in [0.2, 0.25) is 0 Å². The van der Waals surface area contributed by atoms with Crippen molar-refractivity contribution < 1.29 is 24.2 Å². The van der Waals surface area contributed by atoms with Crippen LogP contribution in [-0.4, -0.2) is 36.4 Å². The van der Waals surface area contributed by atoms with Crippen molar-refractivity contribution in [1.82, 2.24) is 0 Å². The topological polar surface area (TPSA) is 72.8 Å². The van der Waals surface area contributed by atoms with Crippen molar-refractivity contribution in [2.45, 2.75) is 245 Å². The summed E-state index contributed by atoms with van der Waals surface area (Å²) in [6.07, 6.45) is 71.0. The standard InChI is InChI=1S/C56H96O5/c1-3-5-7-9-11-13-15-17-19-21-23-24-25-26-27-28-29-30-31-32-33-35-37-39-41-43-45-47-49-51-56(59)61-54(52-57)53-60-55(58)50-48-46-44-42-40-38-36-34-22-20-18-16-14-12-10-8-6-4-2/h5,7,11,13-14,16-17,19-20,22-24,26-27,54,57H,3-4,6,8-10,12,15,18,21,25,28-53H2,1-2H3/b7-5-,13-11-,16-14-,19-17-,22-20-,24-23-,27-26-. The number of aliphatic hydroxyl groups is 1. The minimum Gasteiger partial charge on any atom is -0.462 e. The van der Waals surface area contributed by atoms with Crippen LogP contribution < -0.4 is 0 Å². The molecule has 1 unspecified atom stereocenters. The summed E-state index contributed by atoms with van der Waals surface area (Å²) in [5.41, 5.74) is 0. The maximum absolute atomic E-state index is 12.3. The van der Waals surface area contributed by atoms with Crippen LogP contribution in [0.15, 0.2) is 85.1 Å². The zero-order chi connectivity index (χ0) is 44.2. The molecule has 350 valence electrons. The number of rotatable bonds is 46. The summed E-state index contributed by atoms with van der Waals surface area (Å²) < 4.78 is 10.7. The molecule has 5 nitrogen and oxygen atoms in total. The normalized spacial score (nSPS) is 12.9. The second-order valence-electron chi connectivity index (χ2n) is 16.9.